The van der Waals surface area contributed by atoms with Gasteiger partial charge >= 0.3 is 24.0 Å². The molecule has 19 heteroatoms. The summed E-state index contributed by atoms with van der Waals surface area (Å²) in [4.78, 5) is 79.9. The van der Waals surface area contributed by atoms with Crippen LogP contribution in [0.5, 0.6) is 5.75 Å². The highest BCUT2D eigenvalue weighted by Crippen LogP contribution is 2.31. The molecule has 1 saturated heterocycles. The Balaban J connectivity index is 1.10. The average molecular weight is 1010 g/mol. The van der Waals surface area contributed by atoms with Gasteiger partial charge in [-0.15, -0.1) is 5.10 Å². The molecule has 1 aliphatic rings. The van der Waals surface area contributed by atoms with Crippen molar-refractivity contribution in [3.63, 3.8) is 0 Å². The maximum absolute atomic E-state index is 14.0. The van der Waals surface area contributed by atoms with Crippen molar-refractivity contribution in [2.24, 2.45) is 0 Å². The SMILES string of the molecule is COc1cccc(-c2cn(CC3OC(OCC(CNC(=O)CCCCCNC(=O)OCc4ccccc4)OC(=O)c4ccccc4)C(NC(C)=O)C(OC(=O)c4ccccc4)C3OC(=O)c3ccccc3)nn2)c1. The minimum absolute atomic E-state index is 0.135. The summed E-state index contributed by atoms with van der Waals surface area (Å²) in [5.74, 6) is -2.59. The fourth-order valence-corrected chi connectivity index (χ4v) is 7.88. The lowest BCUT2D eigenvalue weighted by molar-refractivity contribution is -0.270. The van der Waals surface area contributed by atoms with Crippen molar-refractivity contribution in [3.8, 4) is 17.0 Å². The number of methoxy groups -OCH3 is 1. The van der Waals surface area contributed by atoms with Crippen LogP contribution in [0, 0.1) is 0 Å². The van der Waals surface area contributed by atoms with Crippen LogP contribution in [0.4, 0.5) is 4.79 Å². The van der Waals surface area contributed by atoms with E-state index in [1.54, 1.807) is 123 Å². The molecule has 0 aliphatic carbocycles. The minimum Gasteiger partial charge on any atom is -0.497 e. The van der Waals surface area contributed by atoms with Gasteiger partial charge in [-0.25, -0.2) is 23.9 Å². The molecule has 0 spiro atoms. The number of aromatic nitrogens is 3. The van der Waals surface area contributed by atoms with Crippen LogP contribution in [-0.4, -0.2) is 114 Å². The number of esters is 3. The first-order valence-corrected chi connectivity index (χ1v) is 24.1. The number of nitrogens with one attached hydrogen (secondary N) is 3. The second-order valence-corrected chi connectivity index (χ2v) is 17.1. The molecule has 3 N–H and O–H groups in total. The summed E-state index contributed by atoms with van der Waals surface area (Å²) in [5.41, 5.74) is 2.64. The van der Waals surface area contributed by atoms with Crippen LogP contribution in [0.1, 0.15) is 69.2 Å². The number of hydrogen-bond donors (Lipinski definition) is 3. The lowest BCUT2D eigenvalue weighted by atomic mass is 9.95. The van der Waals surface area contributed by atoms with Crippen molar-refractivity contribution in [1.29, 1.82) is 0 Å². The van der Waals surface area contributed by atoms with Crippen LogP contribution in [0.15, 0.2) is 152 Å². The van der Waals surface area contributed by atoms with Crippen LogP contribution in [0.3, 0.4) is 0 Å². The Hall–Kier alpha value is -8.42. The first kappa shape index (κ1) is 53.4. The summed E-state index contributed by atoms with van der Waals surface area (Å²) in [6.45, 7) is 1.01. The number of hydrogen-bond acceptors (Lipinski definition) is 15. The van der Waals surface area contributed by atoms with Gasteiger partial charge in [-0.1, -0.05) is 109 Å². The molecule has 0 radical (unpaired) electrons. The summed E-state index contributed by atoms with van der Waals surface area (Å²) >= 11 is 0. The molecule has 0 bridgehead atoms. The van der Waals surface area contributed by atoms with Crippen molar-refractivity contribution >= 4 is 35.8 Å². The van der Waals surface area contributed by atoms with Crippen LogP contribution in [0.25, 0.3) is 11.3 Å². The van der Waals surface area contributed by atoms with Gasteiger partial charge in [0.15, 0.2) is 18.5 Å². The Kier molecular flexibility index (Phi) is 19.8. The standard InChI is InChI=1S/C55H58N6O13/c1-37(62)58-48-50(74-53(66)41-25-14-6-15-26-41)49(73-52(65)40-23-12-5-13-24-40)46(34-61-33-45(59-60-61)42-27-18-28-43(31-42)68-2)72-54(48)69-36-44(71-51(64)39-21-10-4-11-22-39)32-57-47(63)29-16-7-17-30-56-55(67)70-35-38-19-8-3-9-20-38/h3-6,8-15,18-28,31,33,44,46,48-50,54H,7,16-17,29-30,32,34-36H2,1-2H3,(H,56,67)(H,57,63)(H,58,62). The van der Waals surface area contributed by atoms with E-state index in [9.17, 15) is 28.8 Å². The quantitative estimate of drug-likeness (QED) is 0.0335. The molecule has 5 aromatic carbocycles. The van der Waals surface area contributed by atoms with E-state index in [0.717, 1.165) is 5.56 Å². The number of benzene rings is 5. The predicted molar refractivity (Wildman–Crippen MR) is 267 cm³/mol. The van der Waals surface area contributed by atoms with E-state index < -0.39 is 73.3 Å². The molecule has 386 valence electrons. The zero-order chi connectivity index (χ0) is 52.1. The van der Waals surface area contributed by atoms with E-state index in [2.05, 4.69) is 26.3 Å². The summed E-state index contributed by atoms with van der Waals surface area (Å²) in [5, 5.41) is 17.0. The van der Waals surface area contributed by atoms with Gasteiger partial charge in [0.25, 0.3) is 0 Å². The molecule has 2 heterocycles. The van der Waals surface area contributed by atoms with Gasteiger partial charge in [-0.2, -0.15) is 0 Å². The molecule has 6 aromatic rings. The first-order chi connectivity index (χ1) is 36.0. The van der Waals surface area contributed by atoms with Gasteiger partial charge in [0, 0.05) is 25.5 Å². The Morgan fingerprint density at radius 2 is 1.32 bits per heavy atom. The van der Waals surface area contributed by atoms with E-state index in [0.29, 0.717) is 42.8 Å². The zero-order valence-corrected chi connectivity index (χ0v) is 40.9. The Morgan fingerprint density at radius 1 is 0.703 bits per heavy atom. The predicted octanol–water partition coefficient (Wildman–Crippen LogP) is 6.48. The van der Waals surface area contributed by atoms with Gasteiger partial charge in [0.1, 0.15) is 36.3 Å². The zero-order valence-electron chi connectivity index (χ0n) is 40.9. The number of rotatable bonds is 24. The number of unbranched alkanes of at least 4 members (excludes halogenated alkanes) is 2. The smallest absolute Gasteiger partial charge is 0.407 e. The molecule has 7 rings (SSSR count). The lowest BCUT2D eigenvalue weighted by Gasteiger charge is -2.45. The second-order valence-electron chi connectivity index (χ2n) is 17.1. The van der Waals surface area contributed by atoms with Crippen LogP contribution in [-0.2, 0) is 51.2 Å². The Bertz CT molecular complexity index is 2770. The summed E-state index contributed by atoms with van der Waals surface area (Å²) in [6.07, 6.45) is -3.70. The van der Waals surface area contributed by atoms with Crippen molar-refractivity contribution in [2.75, 3.05) is 26.8 Å². The fraction of sp³-hybridized carbons (Fsp3) is 0.309. The monoisotopic (exact) mass is 1010 g/mol. The third kappa shape index (κ3) is 16.0. The maximum Gasteiger partial charge on any atom is 0.407 e. The first-order valence-electron chi connectivity index (χ1n) is 24.1. The lowest BCUT2D eigenvalue weighted by Crippen LogP contribution is -2.66. The highest BCUT2D eigenvalue weighted by atomic mass is 16.7. The average Bonchev–Trinajstić information content (AvgIpc) is 3.91. The molecule has 3 amide bonds. The molecular weight excluding hydrogens is 953 g/mol. The molecular formula is C55H58N6O13. The highest BCUT2D eigenvalue weighted by molar-refractivity contribution is 5.91. The second kappa shape index (κ2) is 27.4. The Labute approximate surface area is 427 Å². The maximum atomic E-state index is 14.0. The van der Waals surface area contributed by atoms with Gasteiger partial charge in [0.05, 0.1) is 49.7 Å². The number of carbonyl (C=O) groups excluding carboxylic acids is 6. The van der Waals surface area contributed by atoms with Crippen molar-refractivity contribution < 1.29 is 61.9 Å². The van der Waals surface area contributed by atoms with Crippen molar-refractivity contribution in [3.05, 3.63) is 174 Å². The van der Waals surface area contributed by atoms with Gasteiger partial charge in [-0.3, -0.25) is 9.59 Å². The van der Waals surface area contributed by atoms with Gasteiger partial charge in [0.2, 0.25) is 11.8 Å². The molecule has 74 heavy (non-hydrogen) atoms. The highest BCUT2D eigenvalue weighted by Gasteiger charge is 2.52. The molecule has 6 atom stereocenters. The normalized spacial score (nSPS) is 17.4. The fourth-order valence-electron chi connectivity index (χ4n) is 7.88. The number of ether oxygens (including phenoxy) is 7. The van der Waals surface area contributed by atoms with E-state index in [-0.39, 0.29) is 48.7 Å². The van der Waals surface area contributed by atoms with E-state index in [4.69, 9.17) is 33.2 Å². The number of nitrogens with zero attached hydrogens (tertiary/aromatic N) is 3. The van der Waals surface area contributed by atoms with Gasteiger partial charge in [-0.05, 0) is 66.9 Å². The number of carbonyl (C=O) groups is 6. The number of alkyl carbamates (subject to hydrolysis) is 1. The van der Waals surface area contributed by atoms with Crippen LogP contribution < -0.4 is 20.7 Å². The molecule has 1 aromatic heterocycles. The molecule has 6 unspecified atom stereocenters. The van der Waals surface area contributed by atoms with Crippen molar-refractivity contribution in [2.45, 2.75) is 82.5 Å². The molecule has 1 aliphatic heterocycles. The van der Waals surface area contributed by atoms with Crippen LogP contribution in [0.2, 0.25) is 0 Å². The van der Waals surface area contributed by atoms with E-state index in [1.165, 1.54) is 11.6 Å². The summed E-state index contributed by atoms with van der Waals surface area (Å²) < 4.78 is 43.6. The third-order valence-corrected chi connectivity index (χ3v) is 11.6. The number of amides is 3. The summed E-state index contributed by atoms with van der Waals surface area (Å²) in [6, 6.07) is 39.7. The van der Waals surface area contributed by atoms with E-state index in [1.807, 2.05) is 36.4 Å². The topological polar surface area (TPSA) is 234 Å². The molecule has 1 fully saturated rings. The largest absolute Gasteiger partial charge is 0.497 e. The van der Waals surface area contributed by atoms with Gasteiger partial charge < -0.3 is 49.1 Å². The molecule has 19 nitrogen and oxygen atoms in total. The minimum atomic E-state index is -1.47. The van der Waals surface area contributed by atoms with Crippen molar-refractivity contribution in [1.82, 2.24) is 30.9 Å². The summed E-state index contributed by atoms with van der Waals surface area (Å²) in [7, 11) is 1.55. The van der Waals surface area contributed by atoms with Crippen LogP contribution >= 0.6 is 0 Å². The molecule has 0 saturated carbocycles. The van der Waals surface area contributed by atoms with E-state index >= 15 is 0 Å². The Morgan fingerprint density at radius 3 is 1.96 bits per heavy atom. The third-order valence-electron chi connectivity index (χ3n) is 11.6.